The highest BCUT2D eigenvalue weighted by Crippen LogP contribution is 2.38. The van der Waals surface area contributed by atoms with Crippen molar-refractivity contribution in [3.05, 3.63) is 78.1 Å². The Morgan fingerprint density at radius 1 is 1.17 bits per heavy atom. The Morgan fingerprint density at radius 2 is 1.94 bits per heavy atom. The molecule has 7 heteroatoms. The lowest BCUT2D eigenvalue weighted by Crippen LogP contribution is -2.63. The van der Waals surface area contributed by atoms with Crippen LogP contribution in [-0.2, 0) is 17.9 Å². The lowest BCUT2D eigenvalue weighted by Gasteiger charge is -2.44. The number of furan rings is 1. The highest BCUT2D eigenvalue weighted by molar-refractivity contribution is 6.09. The van der Waals surface area contributed by atoms with Gasteiger partial charge in [0.1, 0.15) is 17.0 Å². The van der Waals surface area contributed by atoms with E-state index in [-0.39, 0.29) is 18.4 Å². The van der Waals surface area contributed by atoms with Gasteiger partial charge in [0.05, 0.1) is 30.6 Å². The molecule has 0 saturated carbocycles. The summed E-state index contributed by atoms with van der Waals surface area (Å²) in [6.07, 6.45) is 6.38. The van der Waals surface area contributed by atoms with Crippen molar-refractivity contribution in [1.29, 1.82) is 0 Å². The minimum Gasteiger partial charge on any atom is -0.467 e. The Bertz CT molecular complexity index is 1370. The van der Waals surface area contributed by atoms with Gasteiger partial charge in [0, 0.05) is 24.3 Å². The molecular formula is C28H32N4O3. The summed E-state index contributed by atoms with van der Waals surface area (Å²) in [5.41, 5.74) is 2.40. The van der Waals surface area contributed by atoms with Crippen molar-refractivity contribution in [2.24, 2.45) is 5.92 Å². The van der Waals surface area contributed by atoms with E-state index < -0.39 is 5.54 Å². The maximum Gasteiger partial charge on any atom is 0.274 e. The van der Waals surface area contributed by atoms with Gasteiger partial charge in [-0.15, -0.1) is 0 Å². The number of nitrogens with zero attached hydrogens (tertiary/aromatic N) is 3. The second-order valence-corrected chi connectivity index (χ2v) is 10.1. The summed E-state index contributed by atoms with van der Waals surface area (Å²) in [4.78, 5) is 29.6. The molecule has 0 bridgehead atoms. The Kier molecular flexibility index (Phi) is 5.79. The summed E-state index contributed by atoms with van der Waals surface area (Å²) >= 11 is 0. The maximum atomic E-state index is 14.3. The van der Waals surface area contributed by atoms with E-state index >= 15 is 0 Å². The second kappa shape index (κ2) is 8.80. The van der Waals surface area contributed by atoms with Crippen molar-refractivity contribution in [2.75, 3.05) is 6.54 Å². The van der Waals surface area contributed by atoms with Gasteiger partial charge in [0.2, 0.25) is 5.91 Å². The van der Waals surface area contributed by atoms with Crippen LogP contribution in [0.3, 0.4) is 0 Å². The summed E-state index contributed by atoms with van der Waals surface area (Å²) in [5.74, 6) is 0.775. The number of hydrogen-bond acceptors (Lipinski definition) is 3. The fraction of sp³-hybridized carbons (Fsp3) is 0.357. The number of rotatable bonds is 7. The first-order valence-corrected chi connectivity index (χ1v) is 12.2. The maximum absolute atomic E-state index is 14.3. The standard InChI is InChI=1S/C28H32N4O3/c1-19(2)11-12-29-27(34)28(4)18-31-23-10-9-20(3)16-22(23)24(30-13-5-6-14-30)25(31)26(33)32(28)17-21-8-7-15-35-21/h5-10,13-16,19H,11-12,17-18H2,1-4H3,(H,29,34). The van der Waals surface area contributed by atoms with E-state index in [1.807, 2.05) is 59.6 Å². The summed E-state index contributed by atoms with van der Waals surface area (Å²) in [6.45, 7) is 9.30. The van der Waals surface area contributed by atoms with Crippen LogP contribution in [-0.4, -0.2) is 37.9 Å². The SMILES string of the molecule is Cc1ccc2c(c1)c(-n1cccc1)c1n2CC(C)(C(=O)NCCC(C)C)N(Cc2ccco2)C1=O. The van der Waals surface area contributed by atoms with Crippen molar-refractivity contribution in [3.63, 3.8) is 0 Å². The average Bonchev–Trinajstić information content (AvgIpc) is 3.57. The minimum atomic E-state index is -1.08. The monoisotopic (exact) mass is 472 g/mol. The molecule has 182 valence electrons. The van der Waals surface area contributed by atoms with Gasteiger partial charge < -0.3 is 23.8 Å². The van der Waals surface area contributed by atoms with Crippen LogP contribution in [0.25, 0.3) is 16.6 Å². The molecule has 0 spiro atoms. The molecule has 0 saturated heterocycles. The fourth-order valence-corrected chi connectivity index (χ4v) is 4.99. The molecule has 5 rings (SSSR count). The van der Waals surface area contributed by atoms with Crippen molar-refractivity contribution < 1.29 is 14.0 Å². The first kappa shape index (κ1) is 23.0. The first-order chi connectivity index (χ1) is 16.8. The van der Waals surface area contributed by atoms with Crippen LogP contribution in [0.4, 0.5) is 0 Å². The van der Waals surface area contributed by atoms with Crippen LogP contribution in [0.5, 0.6) is 0 Å². The van der Waals surface area contributed by atoms with Crippen molar-refractivity contribution in [1.82, 2.24) is 19.4 Å². The van der Waals surface area contributed by atoms with Crippen LogP contribution in [0.15, 0.2) is 65.5 Å². The van der Waals surface area contributed by atoms with Gasteiger partial charge in [0.15, 0.2) is 0 Å². The van der Waals surface area contributed by atoms with Crippen molar-refractivity contribution in [2.45, 2.75) is 52.7 Å². The normalized spacial score (nSPS) is 17.9. The third-order valence-electron chi connectivity index (χ3n) is 6.95. The van der Waals surface area contributed by atoms with Gasteiger partial charge in [-0.2, -0.15) is 0 Å². The second-order valence-electron chi connectivity index (χ2n) is 10.1. The number of carbonyl (C=O) groups excluding carboxylic acids is 2. The van der Waals surface area contributed by atoms with E-state index in [1.54, 1.807) is 17.2 Å². The number of carbonyl (C=O) groups is 2. The molecule has 0 radical (unpaired) electrons. The third-order valence-corrected chi connectivity index (χ3v) is 6.95. The predicted molar refractivity (Wildman–Crippen MR) is 135 cm³/mol. The Balaban J connectivity index is 1.67. The third kappa shape index (κ3) is 3.95. The zero-order valence-corrected chi connectivity index (χ0v) is 20.7. The van der Waals surface area contributed by atoms with Gasteiger partial charge in [-0.3, -0.25) is 9.59 Å². The van der Waals surface area contributed by atoms with Crippen molar-refractivity contribution in [3.8, 4) is 5.69 Å². The average molecular weight is 473 g/mol. The van der Waals surface area contributed by atoms with E-state index in [9.17, 15) is 9.59 Å². The summed E-state index contributed by atoms with van der Waals surface area (Å²) < 4.78 is 9.61. The van der Waals surface area contributed by atoms with Gasteiger partial charge >= 0.3 is 0 Å². The van der Waals surface area contributed by atoms with E-state index in [2.05, 4.69) is 31.3 Å². The number of aromatic nitrogens is 2. The molecule has 1 N–H and O–H groups in total. The molecule has 0 fully saturated rings. The summed E-state index contributed by atoms with van der Waals surface area (Å²) in [6, 6.07) is 13.8. The van der Waals surface area contributed by atoms with Crippen LogP contribution < -0.4 is 5.32 Å². The van der Waals surface area contributed by atoms with Gasteiger partial charge in [0.25, 0.3) is 5.91 Å². The molecular weight excluding hydrogens is 440 g/mol. The molecule has 0 aliphatic carbocycles. The number of amides is 2. The molecule has 1 aliphatic heterocycles. The topological polar surface area (TPSA) is 72.4 Å². The minimum absolute atomic E-state index is 0.153. The van der Waals surface area contributed by atoms with Crippen LogP contribution in [0, 0.1) is 12.8 Å². The largest absolute Gasteiger partial charge is 0.467 e. The number of hydrogen-bond donors (Lipinski definition) is 1. The number of fused-ring (bicyclic) bond motifs is 3. The lowest BCUT2D eigenvalue weighted by atomic mass is 9.94. The highest BCUT2D eigenvalue weighted by atomic mass is 16.3. The molecule has 7 nitrogen and oxygen atoms in total. The summed E-state index contributed by atoms with van der Waals surface area (Å²) in [7, 11) is 0. The zero-order chi connectivity index (χ0) is 24.7. The van der Waals surface area contributed by atoms with Crippen LogP contribution in [0.1, 0.15) is 49.0 Å². The number of aryl methyl sites for hydroxylation is 1. The first-order valence-electron chi connectivity index (χ1n) is 12.2. The smallest absolute Gasteiger partial charge is 0.274 e. The molecule has 4 aromatic rings. The molecule has 4 heterocycles. The van der Waals surface area contributed by atoms with Gasteiger partial charge in [-0.25, -0.2) is 0 Å². The van der Waals surface area contributed by atoms with E-state index in [4.69, 9.17) is 4.42 Å². The van der Waals surface area contributed by atoms with E-state index in [1.165, 1.54) is 0 Å². The Labute approximate surface area is 205 Å². The molecule has 2 amide bonds. The van der Waals surface area contributed by atoms with Gasteiger partial charge in [-0.1, -0.05) is 25.5 Å². The molecule has 3 aromatic heterocycles. The highest BCUT2D eigenvalue weighted by Gasteiger charge is 2.49. The quantitative estimate of drug-likeness (QED) is 0.415. The zero-order valence-electron chi connectivity index (χ0n) is 20.7. The molecule has 1 unspecified atom stereocenters. The fourth-order valence-electron chi connectivity index (χ4n) is 4.99. The van der Waals surface area contributed by atoms with Gasteiger partial charge in [-0.05, 0) is 62.6 Å². The van der Waals surface area contributed by atoms with E-state index in [0.29, 0.717) is 30.5 Å². The lowest BCUT2D eigenvalue weighted by molar-refractivity contribution is -0.133. The Morgan fingerprint density at radius 3 is 2.63 bits per heavy atom. The van der Waals surface area contributed by atoms with Crippen LogP contribution >= 0.6 is 0 Å². The van der Waals surface area contributed by atoms with E-state index in [0.717, 1.165) is 28.6 Å². The molecule has 1 aromatic carbocycles. The van der Waals surface area contributed by atoms with Crippen LogP contribution in [0.2, 0.25) is 0 Å². The number of benzene rings is 1. The summed E-state index contributed by atoms with van der Waals surface area (Å²) in [5, 5.41) is 4.09. The molecule has 1 atom stereocenters. The predicted octanol–water partition coefficient (Wildman–Crippen LogP) is 4.91. The van der Waals surface area contributed by atoms with Crippen molar-refractivity contribution >= 4 is 22.7 Å². The Hall–Kier alpha value is -3.74. The molecule has 1 aliphatic rings. The number of nitrogens with one attached hydrogen (secondary N) is 1. The molecule has 35 heavy (non-hydrogen) atoms.